The SMILES string of the molecule is Cc1ccc2ncc(C#N)c(Nc3ccc(C)c(F)c3)c2c1.Cl. The number of hydrogen-bond acceptors (Lipinski definition) is 3. The van der Waals surface area contributed by atoms with Crippen LogP contribution in [0.3, 0.4) is 0 Å². The summed E-state index contributed by atoms with van der Waals surface area (Å²) < 4.78 is 13.7. The number of benzene rings is 2. The average molecular weight is 328 g/mol. The highest BCUT2D eigenvalue weighted by molar-refractivity contribution is 5.96. The van der Waals surface area contributed by atoms with Crippen molar-refractivity contribution in [1.29, 1.82) is 5.26 Å². The zero-order valence-corrected chi connectivity index (χ0v) is 13.5. The molecule has 0 amide bonds. The number of nitriles is 1. The summed E-state index contributed by atoms with van der Waals surface area (Å²) in [5.41, 5.74) is 4.14. The monoisotopic (exact) mass is 327 g/mol. The molecule has 0 fully saturated rings. The minimum absolute atomic E-state index is 0. The summed E-state index contributed by atoms with van der Waals surface area (Å²) in [6.07, 6.45) is 1.53. The van der Waals surface area contributed by atoms with Crippen molar-refractivity contribution in [1.82, 2.24) is 4.98 Å². The second-order valence-electron chi connectivity index (χ2n) is 5.27. The van der Waals surface area contributed by atoms with Crippen LogP contribution in [0.1, 0.15) is 16.7 Å². The van der Waals surface area contributed by atoms with Gasteiger partial charge in [-0.2, -0.15) is 5.26 Å². The van der Waals surface area contributed by atoms with Crippen LogP contribution >= 0.6 is 12.4 Å². The molecule has 3 rings (SSSR count). The molecule has 5 heteroatoms. The van der Waals surface area contributed by atoms with Gasteiger partial charge in [0.15, 0.2) is 0 Å². The minimum Gasteiger partial charge on any atom is -0.354 e. The number of nitrogens with zero attached hydrogens (tertiary/aromatic N) is 2. The van der Waals surface area contributed by atoms with Gasteiger partial charge in [-0.3, -0.25) is 4.98 Å². The number of rotatable bonds is 2. The maximum atomic E-state index is 13.7. The summed E-state index contributed by atoms with van der Waals surface area (Å²) in [5, 5.41) is 13.3. The van der Waals surface area contributed by atoms with Crippen molar-refractivity contribution in [2.45, 2.75) is 13.8 Å². The fraction of sp³-hybridized carbons (Fsp3) is 0.111. The van der Waals surface area contributed by atoms with Gasteiger partial charge in [-0.15, -0.1) is 12.4 Å². The zero-order valence-electron chi connectivity index (χ0n) is 12.7. The second-order valence-corrected chi connectivity index (χ2v) is 5.27. The molecule has 0 aliphatic rings. The van der Waals surface area contributed by atoms with E-state index >= 15 is 0 Å². The van der Waals surface area contributed by atoms with Crippen LogP contribution in [0.4, 0.5) is 15.8 Å². The molecular formula is C18H15ClFN3. The zero-order chi connectivity index (χ0) is 15.7. The van der Waals surface area contributed by atoms with Gasteiger partial charge < -0.3 is 5.32 Å². The lowest BCUT2D eigenvalue weighted by Crippen LogP contribution is -1.98. The number of nitrogens with one attached hydrogen (secondary N) is 1. The summed E-state index contributed by atoms with van der Waals surface area (Å²) in [7, 11) is 0. The van der Waals surface area contributed by atoms with Crippen LogP contribution in [0.2, 0.25) is 0 Å². The number of aromatic nitrogens is 1. The van der Waals surface area contributed by atoms with E-state index in [1.165, 1.54) is 12.3 Å². The Morgan fingerprint density at radius 2 is 1.91 bits per heavy atom. The van der Waals surface area contributed by atoms with E-state index in [-0.39, 0.29) is 18.2 Å². The van der Waals surface area contributed by atoms with Crippen LogP contribution in [-0.4, -0.2) is 4.98 Å². The summed E-state index contributed by atoms with van der Waals surface area (Å²) in [5.74, 6) is -0.280. The quantitative estimate of drug-likeness (QED) is 0.718. The van der Waals surface area contributed by atoms with E-state index < -0.39 is 0 Å². The molecule has 0 aliphatic carbocycles. The minimum atomic E-state index is -0.280. The Morgan fingerprint density at radius 1 is 1.13 bits per heavy atom. The van der Waals surface area contributed by atoms with Crippen LogP contribution in [0.5, 0.6) is 0 Å². The van der Waals surface area contributed by atoms with E-state index in [1.807, 2.05) is 25.1 Å². The third-order valence-corrected chi connectivity index (χ3v) is 3.59. The molecule has 1 aromatic heterocycles. The molecule has 1 heterocycles. The predicted molar refractivity (Wildman–Crippen MR) is 92.9 cm³/mol. The van der Waals surface area contributed by atoms with Gasteiger partial charge in [0.25, 0.3) is 0 Å². The Kier molecular flexibility index (Phi) is 4.83. The van der Waals surface area contributed by atoms with Gasteiger partial charge in [0.2, 0.25) is 0 Å². The molecule has 23 heavy (non-hydrogen) atoms. The van der Waals surface area contributed by atoms with Crippen molar-refractivity contribution < 1.29 is 4.39 Å². The summed E-state index contributed by atoms with van der Waals surface area (Å²) in [4.78, 5) is 4.29. The standard InChI is InChI=1S/C18H14FN3.ClH/c1-11-3-6-17-15(7-11)18(13(9-20)10-21-17)22-14-5-4-12(2)16(19)8-14;/h3-8,10H,1-2H3,(H,21,22);1H. The highest BCUT2D eigenvalue weighted by Gasteiger charge is 2.10. The van der Waals surface area contributed by atoms with Crippen molar-refractivity contribution >= 4 is 34.7 Å². The van der Waals surface area contributed by atoms with E-state index in [9.17, 15) is 9.65 Å². The van der Waals surface area contributed by atoms with Gasteiger partial charge in [-0.05, 0) is 43.7 Å². The van der Waals surface area contributed by atoms with Gasteiger partial charge >= 0.3 is 0 Å². The lowest BCUT2D eigenvalue weighted by Gasteiger charge is -2.12. The number of pyridine rings is 1. The largest absolute Gasteiger partial charge is 0.354 e. The Bertz CT molecular complexity index is 916. The molecule has 0 saturated heterocycles. The van der Waals surface area contributed by atoms with Gasteiger partial charge in [0, 0.05) is 17.3 Å². The van der Waals surface area contributed by atoms with Gasteiger partial charge in [0.05, 0.1) is 16.8 Å². The Balaban J connectivity index is 0.00000192. The van der Waals surface area contributed by atoms with Crippen molar-refractivity contribution in [3.8, 4) is 6.07 Å². The topological polar surface area (TPSA) is 48.7 Å². The molecule has 2 aromatic carbocycles. The van der Waals surface area contributed by atoms with Crippen LogP contribution in [0.15, 0.2) is 42.6 Å². The smallest absolute Gasteiger partial charge is 0.128 e. The molecule has 0 aliphatic heterocycles. The Labute approximate surface area is 140 Å². The highest BCUT2D eigenvalue weighted by Crippen LogP contribution is 2.30. The van der Waals surface area contributed by atoms with Gasteiger partial charge in [-0.25, -0.2) is 4.39 Å². The predicted octanol–water partition coefficient (Wildman–Crippen LogP) is 5.03. The first-order valence-electron chi connectivity index (χ1n) is 6.91. The van der Waals surface area contributed by atoms with Gasteiger partial charge in [0.1, 0.15) is 11.9 Å². The van der Waals surface area contributed by atoms with E-state index in [4.69, 9.17) is 0 Å². The molecule has 3 nitrogen and oxygen atoms in total. The van der Waals surface area contributed by atoms with Crippen LogP contribution in [0, 0.1) is 31.0 Å². The maximum absolute atomic E-state index is 13.7. The Morgan fingerprint density at radius 3 is 2.61 bits per heavy atom. The number of anilines is 2. The third-order valence-electron chi connectivity index (χ3n) is 3.59. The molecule has 0 atom stereocenters. The Hall–Kier alpha value is -2.64. The van der Waals surface area contributed by atoms with Crippen molar-refractivity contribution in [3.63, 3.8) is 0 Å². The molecule has 0 saturated carbocycles. The fourth-order valence-corrected chi connectivity index (χ4v) is 2.34. The van der Waals surface area contributed by atoms with Gasteiger partial charge in [-0.1, -0.05) is 17.7 Å². The van der Waals surface area contributed by atoms with E-state index in [2.05, 4.69) is 16.4 Å². The lowest BCUT2D eigenvalue weighted by atomic mass is 10.1. The average Bonchev–Trinajstić information content (AvgIpc) is 2.51. The van der Waals surface area contributed by atoms with E-state index in [1.54, 1.807) is 19.1 Å². The van der Waals surface area contributed by atoms with Crippen LogP contribution in [0.25, 0.3) is 10.9 Å². The molecule has 116 valence electrons. The maximum Gasteiger partial charge on any atom is 0.128 e. The second kappa shape index (κ2) is 6.64. The molecule has 0 spiro atoms. The molecule has 0 radical (unpaired) electrons. The molecule has 0 bridgehead atoms. The van der Waals surface area contributed by atoms with Crippen LogP contribution < -0.4 is 5.32 Å². The molecule has 3 aromatic rings. The number of hydrogen-bond donors (Lipinski definition) is 1. The summed E-state index contributed by atoms with van der Waals surface area (Å²) in [6.45, 7) is 3.69. The molecule has 1 N–H and O–H groups in total. The molecular weight excluding hydrogens is 313 g/mol. The summed E-state index contributed by atoms with van der Waals surface area (Å²) in [6, 6.07) is 12.9. The first kappa shape index (κ1) is 16.7. The molecule has 0 unspecified atom stereocenters. The number of aryl methyl sites for hydroxylation is 2. The van der Waals surface area contributed by atoms with Crippen molar-refractivity contribution in [3.05, 3.63) is 65.1 Å². The highest BCUT2D eigenvalue weighted by atomic mass is 35.5. The van der Waals surface area contributed by atoms with Crippen LogP contribution in [-0.2, 0) is 0 Å². The van der Waals surface area contributed by atoms with E-state index in [0.29, 0.717) is 22.5 Å². The van der Waals surface area contributed by atoms with Crippen molar-refractivity contribution in [2.75, 3.05) is 5.32 Å². The summed E-state index contributed by atoms with van der Waals surface area (Å²) >= 11 is 0. The fourth-order valence-electron chi connectivity index (χ4n) is 2.34. The third kappa shape index (κ3) is 3.25. The van der Waals surface area contributed by atoms with E-state index in [0.717, 1.165) is 16.5 Å². The normalized spacial score (nSPS) is 10.0. The van der Waals surface area contributed by atoms with Crippen molar-refractivity contribution in [2.24, 2.45) is 0 Å². The first-order chi connectivity index (χ1) is 10.6. The first-order valence-corrected chi connectivity index (χ1v) is 6.91. The number of halogens is 2. The lowest BCUT2D eigenvalue weighted by molar-refractivity contribution is 0.619. The number of fused-ring (bicyclic) bond motifs is 1.